The van der Waals surface area contributed by atoms with Crippen molar-refractivity contribution in [2.75, 3.05) is 29.9 Å². The fraction of sp³-hybridized carbons (Fsp3) is 0.419. The number of hydrogen-bond donors (Lipinski definition) is 7. The van der Waals surface area contributed by atoms with Crippen molar-refractivity contribution in [2.24, 2.45) is 5.92 Å². The summed E-state index contributed by atoms with van der Waals surface area (Å²) in [5.74, 6) is -2.56. The molecule has 3 atom stereocenters. The number of imide groups is 1. The Bertz CT molecular complexity index is 2330. The summed E-state index contributed by atoms with van der Waals surface area (Å²) in [4.78, 5) is 106. The van der Waals surface area contributed by atoms with E-state index in [1.54, 1.807) is 44.3 Å². The lowest BCUT2D eigenvalue weighted by molar-refractivity contribution is -0.137. The second-order valence-corrected chi connectivity index (χ2v) is 16.7. The molecule has 4 aromatic rings. The van der Waals surface area contributed by atoms with E-state index in [2.05, 4.69) is 46.5 Å². The summed E-state index contributed by atoms with van der Waals surface area (Å²) >= 11 is 1.09. The van der Waals surface area contributed by atoms with E-state index in [0.29, 0.717) is 78.1 Å². The first kappa shape index (κ1) is 47.2. The number of thiophene rings is 1. The molecular formula is C43H54N12O7S. The van der Waals surface area contributed by atoms with Crippen molar-refractivity contribution in [3.8, 4) is 0 Å². The summed E-state index contributed by atoms with van der Waals surface area (Å²) in [6.45, 7) is 7.65. The molecule has 3 aromatic heterocycles. The number of unbranched alkanes of at least 4 members (excludes halogenated alkanes) is 2. The highest BCUT2D eigenvalue weighted by atomic mass is 32.1. The molecule has 0 unspecified atom stereocenters. The minimum atomic E-state index is -0.941. The monoisotopic (exact) mass is 882 g/mol. The number of aromatic nitrogens is 4. The maximum atomic E-state index is 13.1. The number of carbonyl (C=O) groups excluding carboxylic acids is 7. The van der Waals surface area contributed by atoms with Crippen LogP contribution in [0.15, 0.2) is 54.7 Å². The number of rotatable bonds is 22. The van der Waals surface area contributed by atoms with Crippen LogP contribution in [0.1, 0.15) is 97.5 Å². The number of anilines is 3. The van der Waals surface area contributed by atoms with Gasteiger partial charge in [0.05, 0.1) is 21.8 Å². The highest BCUT2D eigenvalue weighted by Crippen LogP contribution is 2.22. The molecule has 7 amide bonds. The van der Waals surface area contributed by atoms with E-state index < -0.39 is 23.9 Å². The van der Waals surface area contributed by atoms with Crippen LogP contribution in [0.25, 0.3) is 11.2 Å². The predicted octanol–water partition coefficient (Wildman–Crippen LogP) is 2.83. The second-order valence-electron chi connectivity index (χ2n) is 15.6. The highest BCUT2D eigenvalue weighted by molar-refractivity contribution is 7.18. The molecule has 1 aromatic carbocycles. The van der Waals surface area contributed by atoms with Gasteiger partial charge in [-0.2, -0.15) is 9.97 Å². The first-order chi connectivity index (χ1) is 30.1. The summed E-state index contributed by atoms with van der Waals surface area (Å²) in [7, 11) is 0. The quantitative estimate of drug-likeness (QED) is 0.0442. The summed E-state index contributed by atoms with van der Waals surface area (Å²) in [5, 5.41) is 14.4. The van der Waals surface area contributed by atoms with Gasteiger partial charge in [0.25, 0.3) is 23.6 Å². The van der Waals surface area contributed by atoms with E-state index in [1.165, 1.54) is 19.1 Å². The van der Waals surface area contributed by atoms with Crippen LogP contribution in [0.2, 0.25) is 0 Å². The fourth-order valence-corrected chi connectivity index (χ4v) is 7.39. The Labute approximate surface area is 368 Å². The Balaban J connectivity index is 0.957. The molecule has 0 aliphatic carbocycles. The zero-order valence-electron chi connectivity index (χ0n) is 35.7. The summed E-state index contributed by atoms with van der Waals surface area (Å²) in [6.07, 6.45) is 8.45. The second kappa shape index (κ2) is 22.3. The van der Waals surface area contributed by atoms with Gasteiger partial charge in [0.2, 0.25) is 23.7 Å². The Hall–Kier alpha value is -6.83. The van der Waals surface area contributed by atoms with Crippen LogP contribution < -0.4 is 38.1 Å². The number of fused-ring (bicyclic) bond motifs is 1. The van der Waals surface area contributed by atoms with Gasteiger partial charge in [-0.05, 0) is 88.1 Å². The van der Waals surface area contributed by atoms with Crippen molar-refractivity contribution in [3.05, 3.63) is 76.4 Å². The van der Waals surface area contributed by atoms with E-state index in [4.69, 9.17) is 11.5 Å². The van der Waals surface area contributed by atoms with Crippen molar-refractivity contribution < 1.29 is 33.6 Å². The van der Waals surface area contributed by atoms with Gasteiger partial charge in [0, 0.05) is 43.3 Å². The average molecular weight is 883 g/mol. The third kappa shape index (κ3) is 13.8. The topological polar surface area (TPSA) is 286 Å². The van der Waals surface area contributed by atoms with E-state index >= 15 is 0 Å². The van der Waals surface area contributed by atoms with Gasteiger partial charge >= 0.3 is 0 Å². The number of benzene rings is 1. The maximum Gasteiger partial charge on any atom is 0.261 e. The lowest BCUT2D eigenvalue weighted by Gasteiger charge is -2.23. The largest absolute Gasteiger partial charge is 0.382 e. The molecule has 5 rings (SSSR count). The summed E-state index contributed by atoms with van der Waals surface area (Å²) in [5.41, 5.74) is 14.6. The van der Waals surface area contributed by atoms with Crippen molar-refractivity contribution in [3.63, 3.8) is 0 Å². The molecule has 4 heterocycles. The molecule has 0 spiro atoms. The third-order valence-corrected chi connectivity index (χ3v) is 11.1. The number of carbonyl (C=O) groups is 7. The van der Waals surface area contributed by atoms with Crippen molar-refractivity contribution >= 4 is 80.6 Å². The van der Waals surface area contributed by atoms with Gasteiger partial charge in [0.1, 0.15) is 12.1 Å². The van der Waals surface area contributed by atoms with E-state index in [1.807, 2.05) is 19.1 Å². The highest BCUT2D eigenvalue weighted by Gasteiger charge is 2.28. The zero-order valence-corrected chi connectivity index (χ0v) is 36.5. The molecule has 19 nitrogen and oxygen atoms in total. The first-order valence-corrected chi connectivity index (χ1v) is 21.7. The molecule has 0 radical (unpaired) electrons. The van der Waals surface area contributed by atoms with E-state index in [0.717, 1.165) is 27.5 Å². The Morgan fingerprint density at radius 2 is 1.51 bits per heavy atom. The average Bonchev–Trinajstić information content (AvgIpc) is 3.85. The molecule has 0 saturated heterocycles. The fourth-order valence-electron chi connectivity index (χ4n) is 6.56. The number of nitrogens with two attached hydrogens (primary N) is 2. The summed E-state index contributed by atoms with van der Waals surface area (Å²) in [6, 6.07) is 8.59. The molecule has 63 heavy (non-hydrogen) atoms. The minimum absolute atomic E-state index is 0.0392. The van der Waals surface area contributed by atoms with Crippen LogP contribution in [0, 0.1) is 5.92 Å². The van der Waals surface area contributed by atoms with Crippen LogP contribution in [0.5, 0.6) is 0 Å². The zero-order chi connectivity index (χ0) is 45.6. The number of amides is 7. The van der Waals surface area contributed by atoms with Crippen molar-refractivity contribution in [1.29, 1.82) is 0 Å². The molecule has 20 heteroatoms. The predicted molar refractivity (Wildman–Crippen MR) is 238 cm³/mol. The molecular weight excluding hydrogens is 829 g/mol. The molecule has 0 saturated carbocycles. The van der Waals surface area contributed by atoms with Crippen LogP contribution in [-0.4, -0.2) is 97.4 Å². The molecule has 1 aliphatic rings. The summed E-state index contributed by atoms with van der Waals surface area (Å²) < 4.78 is 0. The number of nitrogens with one attached hydrogen (secondary N) is 5. The van der Waals surface area contributed by atoms with Crippen LogP contribution in [0.3, 0.4) is 0 Å². The molecule has 9 N–H and O–H groups in total. The van der Waals surface area contributed by atoms with Crippen LogP contribution in [-0.2, 0) is 36.8 Å². The molecule has 0 fully saturated rings. The maximum absolute atomic E-state index is 13.1. The SMILES string of the molecule is CC(C)[C@H](NC(=O)CCCCCN1C(=O)C=CC1=O)C(=O)N[C@@H](C)C(=O)Nc1ccc(C(=O)NCCC[C@@H](C)NC(=O)c2ccc(CCc3cnc4nc(N)nc(N)c4n3)cc2)s1. The Morgan fingerprint density at radius 3 is 2.22 bits per heavy atom. The van der Waals surface area contributed by atoms with Gasteiger partial charge in [-0.15, -0.1) is 11.3 Å². The van der Waals surface area contributed by atoms with Gasteiger partial charge in [0.15, 0.2) is 17.0 Å². The van der Waals surface area contributed by atoms with E-state index in [9.17, 15) is 33.6 Å². The number of aryl methyl sites for hydroxylation is 2. The number of nitrogens with zero attached hydrogens (tertiary/aromatic N) is 5. The van der Waals surface area contributed by atoms with Gasteiger partial charge in [-0.25, -0.2) is 9.97 Å². The number of hydrogen-bond acceptors (Lipinski definition) is 14. The lowest BCUT2D eigenvalue weighted by atomic mass is 10.0. The van der Waals surface area contributed by atoms with Gasteiger partial charge in [-0.1, -0.05) is 32.4 Å². The van der Waals surface area contributed by atoms with Crippen LogP contribution >= 0.6 is 11.3 Å². The molecule has 334 valence electrons. The standard InChI is InChI=1S/C43H54N12O7S/c1-24(2)35(51-31(56)10-6-5-7-22-55-33(57)19-20-34(55)58)42(62)49-26(4)39(59)52-32-18-17-30(63-32)41(61)46-21-8-9-25(3)48-40(60)28-14-11-27(12-15-28)13-16-29-23-47-38-36(50-29)37(44)53-43(45)54-38/h11-12,14-15,17-20,23-26,35H,5-10,13,16,21-22H2,1-4H3,(H,46,61)(H,48,60)(H,49,62)(H,51,56)(H,52,59)(H4,44,45,47,53,54)/t25-,26+,35+/m1/s1. The molecule has 0 bridgehead atoms. The van der Waals surface area contributed by atoms with Gasteiger partial charge < -0.3 is 38.1 Å². The van der Waals surface area contributed by atoms with E-state index in [-0.39, 0.29) is 66.2 Å². The van der Waals surface area contributed by atoms with Gasteiger partial charge in [-0.3, -0.25) is 38.5 Å². The molecule has 1 aliphatic heterocycles. The lowest BCUT2D eigenvalue weighted by Crippen LogP contribution is -2.53. The Morgan fingerprint density at radius 1 is 0.778 bits per heavy atom. The Kier molecular flexibility index (Phi) is 16.7. The third-order valence-electron chi connectivity index (χ3n) is 10.1. The first-order valence-electron chi connectivity index (χ1n) is 20.8. The minimum Gasteiger partial charge on any atom is -0.382 e. The normalized spacial score (nSPS) is 13.8. The number of nitrogen functional groups attached to an aromatic ring is 2. The smallest absolute Gasteiger partial charge is 0.261 e. The van der Waals surface area contributed by atoms with Crippen molar-refractivity contribution in [2.45, 2.75) is 97.2 Å². The van der Waals surface area contributed by atoms with Crippen molar-refractivity contribution in [1.82, 2.24) is 46.1 Å². The van der Waals surface area contributed by atoms with Crippen LogP contribution in [0.4, 0.5) is 16.8 Å².